The highest BCUT2D eigenvalue weighted by Gasteiger charge is 2.39. The first kappa shape index (κ1) is 59.7. The summed E-state index contributed by atoms with van der Waals surface area (Å²) < 4.78 is 0. The number of aromatic amines is 1. The minimum atomic E-state index is -1.25. The molecule has 2 heterocycles. The second-order valence-electron chi connectivity index (χ2n) is 18.6. The molecule has 1 aliphatic heterocycles. The van der Waals surface area contributed by atoms with Crippen LogP contribution in [0, 0.1) is 0 Å². The minimum Gasteiger partial charge on any atom is -0.480 e. The van der Waals surface area contributed by atoms with Gasteiger partial charge in [0.25, 0.3) is 0 Å². The van der Waals surface area contributed by atoms with Gasteiger partial charge in [0.15, 0.2) is 11.9 Å². The number of aromatic nitrogens is 2. The van der Waals surface area contributed by atoms with Crippen molar-refractivity contribution in [2.45, 2.75) is 179 Å². The highest BCUT2D eigenvalue weighted by Crippen LogP contribution is 2.21. The smallest absolute Gasteiger partial charge is 0.326 e. The van der Waals surface area contributed by atoms with Crippen LogP contribution in [-0.2, 0) is 46.4 Å². The summed E-state index contributed by atoms with van der Waals surface area (Å²) in [6, 6.07) is 2.01. The zero-order valence-electron chi connectivity index (χ0n) is 42.4. The molecule has 1 saturated heterocycles. The number of rotatable bonds is 37. The van der Waals surface area contributed by atoms with E-state index in [9.17, 15) is 38.7 Å². The summed E-state index contributed by atoms with van der Waals surface area (Å²) in [5.41, 5.74) is 23.3. The van der Waals surface area contributed by atoms with Crippen LogP contribution < -0.4 is 49.5 Å². The summed E-state index contributed by atoms with van der Waals surface area (Å²) >= 11 is 0. The fraction of sp³-hybridized carbons (Fsp3) is 0.640. The largest absolute Gasteiger partial charge is 0.480 e. The lowest BCUT2D eigenvalue weighted by Crippen LogP contribution is -2.59. The number of aliphatic imine (C=N–C) groups is 2. The molecule has 72 heavy (non-hydrogen) atoms. The molecule has 0 spiro atoms. The Hall–Kier alpha value is -6.58. The summed E-state index contributed by atoms with van der Waals surface area (Å²) in [6.45, 7) is 4.11. The van der Waals surface area contributed by atoms with E-state index in [4.69, 9.17) is 22.9 Å². The molecule has 1 aromatic carbocycles. The van der Waals surface area contributed by atoms with Gasteiger partial charge in [-0.1, -0.05) is 101 Å². The number of carbonyl (C=O) groups is 7. The van der Waals surface area contributed by atoms with Crippen LogP contribution in [0.5, 0.6) is 0 Å². The molecular weight excluding hydrogens is 925 g/mol. The van der Waals surface area contributed by atoms with E-state index in [0.717, 1.165) is 25.7 Å². The molecule has 6 atom stereocenters. The molecule has 0 bridgehead atoms. The number of benzene rings is 1. The van der Waals surface area contributed by atoms with Crippen LogP contribution in [0.15, 0.2) is 52.8 Å². The first-order valence-corrected chi connectivity index (χ1v) is 25.7. The maximum Gasteiger partial charge on any atom is 0.326 e. The van der Waals surface area contributed by atoms with Crippen molar-refractivity contribution in [1.29, 1.82) is 0 Å². The molecule has 0 unspecified atom stereocenters. The Morgan fingerprint density at radius 3 is 1.89 bits per heavy atom. The van der Waals surface area contributed by atoms with Crippen molar-refractivity contribution in [2.75, 3.05) is 26.2 Å². The number of H-pyrrole nitrogens is 1. The number of hydrogen-bond donors (Lipinski definition) is 11. The topological polar surface area (TPSA) is 361 Å². The van der Waals surface area contributed by atoms with Crippen molar-refractivity contribution >= 4 is 53.2 Å². The van der Waals surface area contributed by atoms with Gasteiger partial charge in [0.05, 0.1) is 18.9 Å². The number of nitrogens with two attached hydrogens (primary N) is 4. The number of carbonyl (C=O) groups excluding carboxylic acids is 6. The third-order valence-electron chi connectivity index (χ3n) is 12.5. The quantitative estimate of drug-likeness (QED) is 0.0260. The minimum absolute atomic E-state index is 0.0286. The van der Waals surface area contributed by atoms with Crippen molar-refractivity contribution < 1.29 is 38.7 Å². The van der Waals surface area contributed by atoms with Crippen LogP contribution in [-0.4, -0.2) is 136 Å². The van der Waals surface area contributed by atoms with Crippen LogP contribution in [0.3, 0.4) is 0 Å². The van der Waals surface area contributed by atoms with E-state index in [1.54, 1.807) is 30.3 Å². The van der Waals surface area contributed by atoms with Gasteiger partial charge in [-0.2, -0.15) is 0 Å². The number of nitrogens with one attached hydrogen (secondary N) is 6. The molecule has 22 heteroatoms. The molecule has 5 amide bonds. The van der Waals surface area contributed by atoms with Gasteiger partial charge >= 0.3 is 5.97 Å². The molecule has 1 fully saturated rings. The van der Waals surface area contributed by atoms with Crippen molar-refractivity contribution in [1.82, 2.24) is 41.5 Å². The number of guanidine groups is 2. The van der Waals surface area contributed by atoms with Gasteiger partial charge in [0.2, 0.25) is 29.5 Å². The molecule has 0 saturated carbocycles. The number of hydrogen-bond acceptors (Lipinski definition) is 11. The van der Waals surface area contributed by atoms with Gasteiger partial charge in [-0.05, 0) is 57.4 Å². The van der Waals surface area contributed by atoms with Crippen LogP contribution in [0.25, 0.3) is 0 Å². The number of aliphatic carboxylic acids is 1. The SMILES string of the molecule is CCCCCCCCCCCCCC(=O)CN[C@@H](CCCN=C(N)N)C(=O)N[C@@H](Cc1cnc[nH]1)C(=O)N[C@@H](C)C(=O)N[C@@H](CCCN=C(N)N)C(=O)N1CCC[C@H]1C(=O)N[C@@H](Cc1ccccc1)C(=O)O. The maximum absolute atomic E-state index is 14.3. The summed E-state index contributed by atoms with van der Waals surface area (Å²) in [4.78, 5) is 111. The molecule has 15 N–H and O–H groups in total. The first-order valence-electron chi connectivity index (χ1n) is 25.7. The Bertz CT molecular complexity index is 2030. The number of Topliss-reactive ketones (excluding diaryl/α,β-unsaturated/α-hetero) is 1. The summed E-state index contributed by atoms with van der Waals surface area (Å²) in [5, 5.41) is 23.8. The van der Waals surface area contributed by atoms with E-state index in [1.807, 2.05) is 0 Å². The summed E-state index contributed by atoms with van der Waals surface area (Å²) in [7, 11) is 0. The van der Waals surface area contributed by atoms with Gasteiger partial charge in [-0.3, -0.25) is 44.1 Å². The average molecular weight is 1010 g/mol. The standard InChI is InChI=1S/C50H82N14O8/c1-3-4-5-6-7-8-9-10-11-12-16-22-37(65)32-58-38(23-17-26-56-49(51)52)44(67)62-40(30-36-31-55-33-59-36)45(68)60-34(2)43(66)61-39(24-18-27-57-50(53)54)47(70)64-28-19-25-42(64)46(69)63-41(48(71)72)29-35-20-14-13-15-21-35/h13-15,20-21,31,33-34,38-42,58H,3-12,16-19,22-30,32H2,1-2H3,(H,55,59)(H,60,68)(H,61,66)(H,62,67)(H,63,69)(H,71,72)(H4,51,52,56)(H4,53,54,57)/t34-,38-,39-,40-,41-,42-/m0/s1. The van der Waals surface area contributed by atoms with E-state index in [2.05, 4.69) is 53.5 Å². The van der Waals surface area contributed by atoms with Gasteiger partial charge in [0, 0.05) is 50.8 Å². The summed E-state index contributed by atoms with van der Waals surface area (Å²) in [6.07, 6.45) is 17.7. The van der Waals surface area contributed by atoms with E-state index in [0.29, 0.717) is 30.5 Å². The number of ketones is 1. The van der Waals surface area contributed by atoms with Crippen LogP contribution >= 0.6 is 0 Å². The van der Waals surface area contributed by atoms with Gasteiger partial charge < -0.3 is 59.2 Å². The number of likely N-dealkylation sites (tertiary alicyclic amines) is 1. The lowest BCUT2D eigenvalue weighted by atomic mass is 10.0. The van der Waals surface area contributed by atoms with E-state index in [-0.39, 0.29) is 82.4 Å². The Morgan fingerprint density at radius 2 is 1.31 bits per heavy atom. The molecule has 1 aromatic heterocycles. The van der Waals surface area contributed by atoms with Gasteiger partial charge in [-0.15, -0.1) is 0 Å². The number of carboxylic acid groups (broad SMARTS) is 1. The van der Waals surface area contributed by atoms with Crippen LogP contribution in [0.1, 0.15) is 141 Å². The summed E-state index contributed by atoms with van der Waals surface area (Å²) in [5.74, 6) is -4.78. The fourth-order valence-corrected chi connectivity index (χ4v) is 8.50. The number of carboxylic acids is 1. The van der Waals surface area contributed by atoms with Crippen LogP contribution in [0.4, 0.5) is 0 Å². The van der Waals surface area contributed by atoms with Crippen molar-refractivity contribution in [3.05, 3.63) is 54.1 Å². The molecule has 2 aromatic rings. The Balaban J connectivity index is 1.68. The average Bonchev–Trinajstić information content (AvgIpc) is 4.07. The predicted octanol–water partition coefficient (Wildman–Crippen LogP) is 1.57. The molecule has 1 aliphatic rings. The molecule has 0 radical (unpaired) electrons. The number of amides is 5. The molecule has 0 aliphatic carbocycles. The van der Waals surface area contributed by atoms with Crippen molar-refractivity contribution in [3.63, 3.8) is 0 Å². The van der Waals surface area contributed by atoms with Crippen molar-refractivity contribution in [2.24, 2.45) is 32.9 Å². The second kappa shape index (κ2) is 33.9. The molecule has 400 valence electrons. The zero-order chi connectivity index (χ0) is 52.7. The van der Waals surface area contributed by atoms with E-state index >= 15 is 0 Å². The van der Waals surface area contributed by atoms with Gasteiger partial charge in [-0.25, -0.2) is 9.78 Å². The molecule has 22 nitrogen and oxygen atoms in total. The fourth-order valence-electron chi connectivity index (χ4n) is 8.50. The number of imidazole rings is 1. The van der Waals surface area contributed by atoms with Crippen molar-refractivity contribution in [3.8, 4) is 0 Å². The third-order valence-corrected chi connectivity index (χ3v) is 12.5. The van der Waals surface area contributed by atoms with Crippen LogP contribution in [0.2, 0.25) is 0 Å². The highest BCUT2D eigenvalue weighted by molar-refractivity contribution is 5.96. The molecular formula is C50H82N14O8. The van der Waals surface area contributed by atoms with Gasteiger partial charge in [0.1, 0.15) is 36.0 Å². The number of unbranched alkanes of at least 4 members (excludes halogenated alkanes) is 10. The lowest BCUT2D eigenvalue weighted by Gasteiger charge is -2.30. The normalized spacial score (nSPS) is 15.2. The highest BCUT2D eigenvalue weighted by atomic mass is 16.4. The Labute approximate surface area is 423 Å². The lowest BCUT2D eigenvalue weighted by molar-refractivity contribution is -0.145. The predicted molar refractivity (Wildman–Crippen MR) is 276 cm³/mol. The monoisotopic (exact) mass is 1010 g/mol. The zero-order valence-corrected chi connectivity index (χ0v) is 42.4. The Kier molecular flexibility index (Phi) is 28.1. The third kappa shape index (κ3) is 23.6. The second-order valence-corrected chi connectivity index (χ2v) is 18.6. The Morgan fingerprint density at radius 1 is 0.722 bits per heavy atom. The number of nitrogens with zero attached hydrogens (tertiary/aromatic N) is 4. The maximum atomic E-state index is 14.3. The molecule has 3 rings (SSSR count). The van der Waals surface area contributed by atoms with E-state index in [1.165, 1.54) is 69.3 Å². The first-order chi connectivity index (χ1) is 34.6. The van der Waals surface area contributed by atoms with E-state index < -0.39 is 71.8 Å².